The van der Waals surface area contributed by atoms with Gasteiger partial charge in [0.1, 0.15) is 0 Å². The van der Waals surface area contributed by atoms with Crippen molar-refractivity contribution >= 4 is 12.0 Å². The Labute approximate surface area is 84.2 Å². The first-order valence-corrected chi connectivity index (χ1v) is 4.59. The molecule has 0 aliphatic rings. The van der Waals surface area contributed by atoms with Crippen LogP contribution in [0, 0.1) is 6.92 Å². The van der Waals surface area contributed by atoms with Crippen LogP contribution in [0.2, 0.25) is 0 Å². The van der Waals surface area contributed by atoms with Gasteiger partial charge in [0.2, 0.25) is 0 Å². The molecule has 14 heavy (non-hydrogen) atoms. The first-order valence-electron chi connectivity index (χ1n) is 4.59. The van der Waals surface area contributed by atoms with Crippen LogP contribution in [0.1, 0.15) is 28.4 Å². The van der Waals surface area contributed by atoms with E-state index in [1.807, 2.05) is 19.1 Å². The number of carbonyl (C=O) groups excluding carboxylic acids is 1. The highest BCUT2D eigenvalue weighted by atomic mass is 16.5. The van der Waals surface area contributed by atoms with Gasteiger partial charge in [-0.15, -0.1) is 0 Å². The van der Waals surface area contributed by atoms with Crippen LogP contribution in [0.5, 0.6) is 0 Å². The normalized spacial score (nSPS) is 9.57. The van der Waals surface area contributed by atoms with Gasteiger partial charge in [0.05, 0.1) is 12.2 Å². The van der Waals surface area contributed by atoms with Crippen molar-refractivity contribution in [3.05, 3.63) is 41.5 Å². The fourth-order valence-electron chi connectivity index (χ4n) is 1.34. The molecule has 0 aliphatic carbocycles. The number of benzene rings is 1. The monoisotopic (exact) mass is 190 g/mol. The molecule has 0 atom stereocenters. The van der Waals surface area contributed by atoms with E-state index in [4.69, 9.17) is 4.74 Å². The molecule has 0 radical (unpaired) electrons. The SMILES string of the molecule is C=Cc1c(C)cccc1C(=O)OCC. The van der Waals surface area contributed by atoms with Crippen molar-refractivity contribution < 1.29 is 9.53 Å². The Morgan fingerprint density at radius 2 is 2.29 bits per heavy atom. The van der Waals surface area contributed by atoms with E-state index in [1.54, 1.807) is 19.1 Å². The van der Waals surface area contributed by atoms with Gasteiger partial charge in [-0.1, -0.05) is 24.8 Å². The number of aryl methyl sites for hydroxylation is 1. The molecule has 1 rings (SSSR count). The Morgan fingerprint density at radius 1 is 1.57 bits per heavy atom. The molecule has 0 aliphatic heterocycles. The maximum atomic E-state index is 11.5. The fourth-order valence-corrected chi connectivity index (χ4v) is 1.34. The number of rotatable bonds is 3. The van der Waals surface area contributed by atoms with Gasteiger partial charge in [0, 0.05) is 0 Å². The summed E-state index contributed by atoms with van der Waals surface area (Å²) in [6.45, 7) is 7.82. The molecule has 2 nitrogen and oxygen atoms in total. The van der Waals surface area contributed by atoms with E-state index in [-0.39, 0.29) is 5.97 Å². The van der Waals surface area contributed by atoms with E-state index in [9.17, 15) is 4.79 Å². The summed E-state index contributed by atoms with van der Waals surface area (Å²) in [4.78, 5) is 11.5. The second-order valence-electron chi connectivity index (χ2n) is 2.96. The van der Waals surface area contributed by atoms with Crippen LogP contribution < -0.4 is 0 Å². The maximum Gasteiger partial charge on any atom is 0.338 e. The molecule has 0 aromatic heterocycles. The summed E-state index contributed by atoms with van der Waals surface area (Å²) >= 11 is 0. The van der Waals surface area contributed by atoms with Gasteiger partial charge < -0.3 is 4.74 Å². The summed E-state index contributed by atoms with van der Waals surface area (Å²) in [5.74, 6) is -0.286. The molecule has 2 heteroatoms. The highest BCUT2D eigenvalue weighted by Gasteiger charge is 2.11. The fraction of sp³-hybridized carbons (Fsp3) is 0.250. The number of hydrogen-bond donors (Lipinski definition) is 0. The van der Waals surface area contributed by atoms with Crippen LogP contribution in [-0.4, -0.2) is 12.6 Å². The third-order valence-corrected chi connectivity index (χ3v) is 2.02. The van der Waals surface area contributed by atoms with Gasteiger partial charge in [-0.2, -0.15) is 0 Å². The van der Waals surface area contributed by atoms with Crippen molar-refractivity contribution in [2.24, 2.45) is 0 Å². The van der Waals surface area contributed by atoms with E-state index in [1.165, 1.54) is 0 Å². The maximum absolute atomic E-state index is 11.5. The van der Waals surface area contributed by atoms with Crippen molar-refractivity contribution in [3.63, 3.8) is 0 Å². The molecular formula is C12H14O2. The molecule has 0 unspecified atom stereocenters. The summed E-state index contributed by atoms with van der Waals surface area (Å²) in [5, 5.41) is 0. The van der Waals surface area contributed by atoms with Crippen molar-refractivity contribution in [1.82, 2.24) is 0 Å². The van der Waals surface area contributed by atoms with Crippen molar-refractivity contribution in [1.29, 1.82) is 0 Å². The van der Waals surface area contributed by atoms with E-state index < -0.39 is 0 Å². The quantitative estimate of drug-likeness (QED) is 0.685. The van der Waals surface area contributed by atoms with Gasteiger partial charge in [-0.05, 0) is 31.0 Å². The van der Waals surface area contributed by atoms with E-state index in [0.717, 1.165) is 11.1 Å². The van der Waals surface area contributed by atoms with Gasteiger partial charge in [0.25, 0.3) is 0 Å². The van der Waals surface area contributed by atoms with Gasteiger partial charge >= 0.3 is 5.97 Å². The molecule has 0 N–H and O–H groups in total. The molecule has 74 valence electrons. The van der Waals surface area contributed by atoms with Gasteiger partial charge in [0.15, 0.2) is 0 Å². The number of esters is 1. The molecule has 1 aromatic carbocycles. The molecule has 0 saturated heterocycles. The minimum atomic E-state index is -0.286. The first-order chi connectivity index (χ1) is 6.70. The van der Waals surface area contributed by atoms with Crippen LogP contribution in [0.4, 0.5) is 0 Å². The summed E-state index contributed by atoms with van der Waals surface area (Å²) < 4.78 is 4.94. The second kappa shape index (κ2) is 4.61. The molecule has 0 spiro atoms. The average molecular weight is 190 g/mol. The smallest absolute Gasteiger partial charge is 0.338 e. The number of ether oxygens (including phenoxy) is 1. The minimum absolute atomic E-state index is 0.286. The van der Waals surface area contributed by atoms with Crippen molar-refractivity contribution in [3.8, 4) is 0 Å². The van der Waals surface area contributed by atoms with Crippen LogP contribution in [0.3, 0.4) is 0 Å². The van der Waals surface area contributed by atoms with E-state index >= 15 is 0 Å². The predicted molar refractivity (Wildman–Crippen MR) is 57.2 cm³/mol. The topological polar surface area (TPSA) is 26.3 Å². The molecule has 0 saturated carbocycles. The number of carbonyl (C=O) groups is 1. The molecule has 0 amide bonds. The molecule has 0 bridgehead atoms. The van der Waals surface area contributed by atoms with E-state index in [0.29, 0.717) is 12.2 Å². The third-order valence-electron chi connectivity index (χ3n) is 2.02. The third kappa shape index (κ3) is 2.02. The zero-order valence-corrected chi connectivity index (χ0v) is 8.54. The highest BCUT2D eigenvalue weighted by molar-refractivity contribution is 5.94. The molecular weight excluding hydrogens is 176 g/mol. The summed E-state index contributed by atoms with van der Waals surface area (Å²) in [7, 11) is 0. The number of hydrogen-bond acceptors (Lipinski definition) is 2. The molecule has 0 fully saturated rings. The largest absolute Gasteiger partial charge is 0.462 e. The Kier molecular flexibility index (Phi) is 3.46. The Morgan fingerprint density at radius 3 is 2.86 bits per heavy atom. The van der Waals surface area contributed by atoms with Crippen molar-refractivity contribution in [2.45, 2.75) is 13.8 Å². The summed E-state index contributed by atoms with van der Waals surface area (Å²) in [5.41, 5.74) is 2.47. The average Bonchev–Trinajstić information content (AvgIpc) is 2.17. The summed E-state index contributed by atoms with van der Waals surface area (Å²) in [6.07, 6.45) is 1.68. The zero-order chi connectivity index (χ0) is 10.6. The Bertz CT molecular complexity index is 353. The Hall–Kier alpha value is -1.57. The first kappa shape index (κ1) is 10.5. The highest BCUT2D eigenvalue weighted by Crippen LogP contribution is 2.16. The van der Waals surface area contributed by atoms with Crippen LogP contribution in [0.25, 0.3) is 6.08 Å². The van der Waals surface area contributed by atoms with Crippen molar-refractivity contribution in [2.75, 3.05) is 6.61 Å². The lowest BCUT2D eigenvalue weighted by Crippen LogP contribution is -2.07. The lowest BCUT2D eigenvalue weighted by molar-refractivity contribution is 0.0526. The lowest BCUT2D eigenvalue weighted by Gasteiger charge is -2.07. The van der Waals surface area contributed by atoms with Gasteiger partial charge in [-0.25, -0.2) is 4.79 Å². The summed E-state index contributed by atoms with van der Waals surface area (Å²) in [6, 6.07) is 5.54. The van der Waals surface area contributed by atoms with E-state index in [2.05, 4.69) is 6.58 Å². The molecule has 0 heterocycles. The second-order valence-corrected chi connectivity index (χ2v) is 2.96. The standard InChI is InChI=1S/C12H14O2/c1-4-10-9(3)7-6-8-11(10)12(13)14-5-2/h4,6-8H,1,5H2,2-3H3. The zero-order valence-electron chi connectivity index (χ0n) is 8.54. The lowest BCUT2D eigenvalue weighted by atomic mass is 10.0. The molecule has 1 aromatic rings. The van der Waals surface area contributed by atoms with Crippen LogP contribution in [0.15, 0.2) is 24.8 Å². The van der Waals surface area contributed by atoms with Crippen LogP contribution in [-0.2, 0) is 4.74 Å². The van der Waals surface area contributed by atoms with Crippen LogP contribution >= 0.6 is 0 Å². The van der Waals surface area contributed by atoms with Gasteiger partial charge in [-0.3, -0.25) is 0 Å². The minimum Gasteiger partial charge on any atom is -0.462 e. The Balaban J connectivity index is 3.13. The predicted octanol–water partition coefficient (Wildman–Crippen LogP) is 2.81.